The van der Waals surface area contributed by atoms with E-state index in [1.54, 1.807) is 17.5 Å². The SMILES string of the molecule is Nc1ccc(NCc2cc(Br)cs2)c2ncc(Br)cc12. The predicted molar refractivity (Wildman–Crippen MR) is 93.2 cm³/mol. The van der Waals surface area contributed by atoms with Crippen LogP contribution in [0, 0.1) is 0 Å². The number of thiophene rings is 1. The molecule has 1 aromatic carbocycles. The van der Waals surface area contributed by atoms with Gasteiger partial charge in [0.25, 0.3) is 0 Å². The largest absolute Gasteiger partial charge is 0.398 e. The van der Waals surface area contributed by atoms with E-state index in [4.69, 9.17) is 5.73 Å². The fraction of sp³-hybridized carbons (Fsp3) is 0.0714. The lowest BCUT2D eigenvalue weighted by Crippen LogP contribution is -2.00. The third-order valence-corrected chi connectivity index (χ3v) is 5.06. The molecule has 0 radical (unpaired) electrons. The van der Waals surface area contributed by atoms with Crippen LogP contribution in [0.1, 0.15) is 4.88 Å². The number of anilines is 2. The summed E-state index contributed by atoms with van der Waals surface area (Å²) < 4.78 is 2.04. The number of rotatable bonds is 3. The number of nitrogens with two attached hydrogens (primary N) is 1. The fourth-order valence-electron chi connectivity index (χ4n) is 1.99. The Morgan fingerprint density at radius 1 is 1.20 bits per heavy atom. The second-order valence-electron chi connectivity index (χ2n) is 4.34. The minimum Gasteiger partial charge on any atom is -0.398 e. The van der Waals surface area contributed by atoms with Gasteiger partial charge in [-0.1, -0.05) is 0 Å². The summed E-state index contributed by atoms with van der Waals surface area (Å²) in [6, 6.07) is 7.98. The van der Waals surface area contributed by atoms with Crippen molar-refractivity contribution in [2.45, 2.75) is 6.54 Å². The van der Waals surface area contributed by atoms with Crippen molar-refractivity contribution in [2.75, 3.05) is 11.1 Å². The maximum Gasteiger partial charge on any atom is 0.0954 e. The van der Waals surface area contributed by atoms with Gasteiger partial charge in [0.05, 0.1) is 11.2 Å². The number of halogens is 2. The van der Waals surface area contributed by atoms with Crippen molar-refractivity contribution in [1.82, 2.24) is 4.98 Å². The van der Waals surface area contributed by atoms with E-state index in [0.29, 0.717) is 0 Å². The topological polar surface area (TPSA) is 50.9 Å². The predicted octanol–water partition coefficient (Wildman–Crippen LogP) is 5.02. The zero-order valence-corrected chi connectivity index (χ0v) is 14.3. The van der Waals surface area contributed by atoms with Crippen LogP contribution in [-0.2, 0) is 6.54 Å². The number of hydrogen-bond acceptors (Lipinski definition) is 4. The van der Waals surface area contributed by atoms with E-state index in [0.717, 1.165) is 37.8 Å². The molecule has 0 bridgehead atoms. The van der Waals surface area contributed by atoms with Crippen LogP contribution >= 0.6 is 43.2 Å². The van der Waals surface area contributed by atoms with Crippen molar-refractivity contribution in [2.24, 2.45) is 0 Å². The van der Waals surface area contributed by atoms with E-state index >= 15 is 0 Å². The number of aromatic nitrogens is 1. The molecule has 0 amide bonds. The van der Waals surface area contributed by atoms with Gasteiger partial charge in [-0.15, -0.1) is 11.3 Å². The number of hydrogen-bond donors (Lipinski definition) is 2. The van der Waals surface area contributed by atoms with Crippen LogP contribution < -0.4 is 11.1 Å². The van der Waals surface area contributed by atoms with Crippen molar-refractivity contribution >= 4 is 65.5 Å². The van der Waals surface area contributed by atoms with E-state index in [9.17, 15) is 0 Å². The number of pyridine rings is 1. The minimum atomic E-state index is 0.734. The summed E-state index contributed by atoms with van der Waals surface area (Å²) in [4.78, 5) is 5.73. The van der Waals surface area contributed by atoms with E-state index < -0.39 is 0 Å². The van der Waals surface area contributed by atoms with Crippen molar-refractivity contribution in [1.29, 1.82) is 0 Å². The summed E-state index contributed by atoms with van der Waals surface area (Å²) in [6.45, 7) is 0.771. The zero-order chi connectivity index (χ0) is 14.1. The van der Waals surface area contributed by atoms with Gasteiger partial charge < -0.3 is 11.1 Å². The maximum atomic E-state index is 6.01. The highest BCUT2D eigenvalue weighted by Gasteiger charge is 2.07. The average molecular weight is 413 g/mol. The number of nitrogens with one attached hydrogen (secondary N) is 1. The van der Waals surface area contributed by atoms with Crippen molar-refractivity contribution in [3.8, 4) is 0 Å². The molecule has 3 aromatic rings. The number of nitrogen functional groups attached to an aromatic ring is 1. The van der Waals surface area contributed by atoms with Gasteiger partial charge in [0, 0.05) is 43.0 Å². The summed E-state index contributed by atoms with van der Waals surface area (Å²) in [7, 11) is 0. The Bertz CT molecular complexity index is 770. The smallest absolute Gasteiger partial charge is 0.0954 e. The Morgan fingerprint density at radius 2 is 2.05 bits per heavy atom. The molecule has 0 saturated heterocycles. The zero-order valence-electron chi connectivity index (χ0n) is 10.4. The lowest BCUT2D eigenvalue weighted by atomic mass is 10.1. The fourth-order valence-corrected chi connectivity index (χ4v) is 3.71. The molecule has 3 nitrogen and oxygen atoms in total. The highest BCUT2D eigenvalue weighted by atomic mass is 79.9. The summed E-state index contributed by atoms with van der Waals surface area (Å²) in [5.41, 5.74) is 8.63. The van der Waals surface area contributed by atoms with Crippen LogP contribution in [0.15, 0.2) is 44.8 Å². The average Bonchev–Trinajstić information content (AvgIpc) is 2.84. The lowest BCUT2D eigenvalue weighted by Gasteiger charge is -2.10. The van der Waals surface area contributed by atoms with Gasteiger partial charge in [0.15, 0.2) is 0 Å². The van der Waals surface area contributed by atoms with Crippen molar-refractivity contribution in [3.05, 3.63) is 49.7 Å². The number of nitrogens with zero attached hydrogens (tertiary/aromatic N) is 1. The van der Waals surface area contributed by atoms with Gasteiger partial charge in [-0.3, -0.25) is 4.98 Å². The molecule has 0 aliphatic heterocycles. The van der Waals surface area contributed by atoms with Gasteiger partial charge in [-0.2, -0.15) is 0 Å². The Balaban J connectivity index is 1.93. The first-order valence-corrected chi connectivity index (χ1v) is 8.40. The van der Waals surface area contributed by atoms with Crippen LogP contribution in [0.5, 0.6) is 0 Å². The third-order valence-electron chi connectivity index (χ3n) is 2.92. The molecule has 0 atom stereocenters. The minimum absolute atomic E-state index is 0.734. The van der Waals surface area contributed by atoms with Crippen LogP contribution in [0.4, 0.5) is 11.4 Å². The quantitative estimate of drug-likeness (QED) is 0.594. The lowest BCUT2D eigenvalue weighted by molar-refractivity contribution is 1.19. The molecule has 0 spiro atoms. The molecule has 2 aromatic heterocycles. The van der Waals surface area contributed by atoms with Crippen molar-refractivity contribution < 1.29 is 0 Å². The summed E-state index contributed by atoms with van der Waals surface area (Å²) in [5, 5.41) is 6.45. The monoisotopic (exact) mass is 411 g/mol. The maximum absolute atomic E-state index is 6.01. The summed E-state index contributed by atoms with van der Waals surface area (Å²) in [6.07, 6.45) is 1.79. The Morgan fingerprint density at radius 3 is 2.80 bits per heavy atom. The standard InChI is InChI=1S/C14H11Br2N3S/c15-8-4-11-12(17)1-2-13(14(11)19-5-8)18-6-10-3-9(16)7-20-10/h1-5,7,18H,6,17H2. The van der Waals surface area contributed by atoms with Gasteiger partial charge in [-0.25, -0.2) is 0 Å². The molecule has 102 valence electrons. The Hall–Kier alpha value is -1.11. The molecule has 0 fully saturated rings. The molecule has 3 rings (SSSR count). The van der Waals surface area contributed by atoms with Gasteiger partial charge in [0.2, 0.25) is 0 Å². The third kappa shape index (κ3) is 2.82. The molecule has 0 aliphatic rings. The van der Waals surface area contributed by atoms with Crippen LogP contribution in [0.2, 0.25) is 0 Å². The molecule has 20 heavy (non-hydrogen) atoms. The second-order valence-corrected chi connectivity index (χ2v) is 7.16. The Labute approximate surface area is 137 Å². The van der Waals surface area contributed by atoms with E-state index in [-0.39, 0.29) is 0 Å². The van der Waals surface area contributed by atoms with Crippen LogP contribution in [0.3, 0.4) is 0 Å². The molecule has 3 N–H and O–H groups in total. The molecular formula is C14H11Br2N3S. The van der Waals surface area contributed by atoms with Crippen LogP contribution in [-0.4, -0.2) is 4.98 Å². The van der Waals surface area contributed by atoms with Gasteiger partial charge in [0.1, 0.15) is 0 Å². The first kappa shape index (κ1) is 13.9. The van der Waals surface area contributed by atoms with Gasteiger partial charge in [-0.05, 0) is 56.1 Å². The number of benzene rings is 1. The van der Waals surface area contributed by atoms with Gasteiger partial charge >= 0.3 is 0 Å². The molecular weight excluding hydrogens is 402 g/mol. The first-order valence-electron chi connectivity index (χ1n) is 5.94. The molecule has 0 saturated carbocycles. The molecule has 6 heteroatoms. The molecule has 0 unspecified atom stereocenters. The molecule has 0 aliphatic carbocycles. The van der Waals surface area contributed by atoms with E-state index in [1.807, 2.05) is 18.2 Å². The van der Waals surface area contributed by atoms with Crippen LogP contribution in [0.25, 0.3) is 10.9 Å². The normalized spacial score (nSPS) is 10.9. The molecule has 2 heterocycles. The summed E-state index contributed by atoms with van der Waals surface area (Å²) in [5.74, 6) is 0. The van der Waals surface area contributed by atoms with E-state index in [2.05, 4.69) is 53.6 Å². The van der Waals surface area contributed by atoms with Crippen molar-refractivity contribution in [3.63, 3.8) is 0 Å². The number of fused-ring (bicyclic) bond motifs is 1. The summed E-state index contributed by atoms with van der Waals surface area (Å²) >= 11 is 8.61. The highest BCUT2D eigenvalue weighted by molar-refractivity contribution is 9.10. The highest BCUT2D eigenvalue weighted by Crippen LogP contribution is 2.29. The second kappa shape index (κ2) is 5.71. The first-order chi connectivity index (χ1) is 9.63. The van der Waals surface area contributed by atoms with E-state index in [1.165, 1.54) is 4.88 Å². The Kier molecular flexibility index (Phi) is 3.96.